The molecule has 0 radical (unpaired) electrons. The summed E-state index contributed by atoms with van der Waals surface area (Å²) in [6.45, 7) is 5.29. The number of nitrogens with one attached hydrogen (secondary N) is 1. The van der Waals surface area contributed by atoms with Crippen LogP contribution in [0, 0.1) is 6.92 Å². The predicted molar refractivity (Wildman–Crippen MR) is 125 cm³/mol. The fraction of sp³-hybridized carbons (Fsp3) is 0.542. The van der Waals surface area contributed by atoms with Gasteiger partial charge in [-0.3, -0.25) is 19.1 Å². The zero-order valence-electron chi connectivity index (χ0n) is 19.6. The first-order valence-electron chi connectivity index (χ1n) is 11.5. The second-order valence-corrected chi connectivity index (χ2v) is 9.48. The lowest BCUT2D eigenvalue weighted by Gasteiger charge is -2.51. The highest BCUT2D eigenvalue weighted by atomic mass is 16.5. The van der Waals surface area contributed by atoms with Crippen LogP contribution >= 0.6 is 0 Å². The average Bonchev–Trinajstić information content (AvgIpc) is 2.80. The zero-order chi connectivity index (χ0) is 24.5. The number of aliphatic hydroxyl groups is 1. The van der Waals surface area contributed by atoms with Gasteiger partial charge < -0.3 is 25.2 Å². The fourth-order valence-corrected chi connectivity index (χ4v) is 4.95. The Kier molecular flexibility index (Phi) is 6.66. The number of hydrogen-bond acceptors (Lipinski definition) is 7. The van der Waals surface area contributed by atoms with E-state index in [0.717, 1.165) is 0 Å². The first kappa shape index (κ1) is 24.2. The van der Waals surface area contributed by atoms with Crippen LogP contribution in [0.2, 0.25) is 0 Å². The summed E-state index contributed by atoms with van der Waals surface area (Å²) in [5.74, 6) is 0.611. The maximum absolute atomic E-state index is 13.0. The molecule has 10 nitrogen and oxygen atoms in total. The number of aromatic nitrogens is 2. The molecule has 2 aliphatic heterocycles. The van der Waals surface area contributed by atoms with Crippen LogP contribution < -0.4 is 21.7 Å². The number of H-pyrrole nitrogens is 1. The van der Waals surface area contributed by atoms with Gasteiger partial charge in [0.2, 0.25) is 0 Å². The minimum absolute atomic E-state index is 0.0593. The maximum Gasteiger partial charge on any atom is 0.328 e. The summed E-state index contributed by atoms with van der Waals surface area (Å²) in [4.78, 5) is 41.1. The molecule has 4 N–H and O–H groups in total. The summed E-state index contributed by atoms with van der Waals surface area (Å²) < 4.78 is 13.1. The summed E-state index contributed by atoms with van der Waals surface area (Å²) in [5.41, 5.74) is 3.61. The van der Waals surface area contributed by atoms with E-state index < -0.39 is 28.5 Å². The molecule has 2 saturated heterocycles. The highest BCUT2D eigenvalue weighted by Crippen LogP contribution is 2.43. The lowest BCUT2D eigenvalue weighted by atomic mass is 9.75. The summed E-state index contributed by atoms with van der Waals surface area (Å²) in [6.07, 6.45) is 2.96. The molecular formula is C24H32N4O6. The number of nitrogens with two attached hydrogens (primary N) is 1. The first-order chi connectivity index (χ1) is 16.1. The van der Waals surface area contributed by atoms with E-state index in [0.29, 0.717) is 62.4 Å². The summed E-state index contributed by atoms with van der Waals surface area (Å²) >= 11 is 0. The van der Waals surface area contributed by atoms with Gasteiger partial charge in [0.25, 0.3) is 11.5 Å². The van der Waals surface area contributed by atoms with E-state index in [9.17, 15) is 19.5 Å². The van der Waals surface area contributed by atoms with Crippen LogP contribution in [0.1, 0.15) is 48.1 Å². The highest BCUT2D eigenvalue weighted by Gasteiger charge is 2.50. The highest BCUT2D eigenvalue weighted by molar-refractivity contribution is 5.94. The fourth-order valence-electron chi connectivity index (χ4n) is 4.95. The molecule has 0 unspecified atom stereocenters. The molecule has 2 atom stereocenters. The van der Waals surface area contributed by atoms with Crippen molar-refractivity contribution in [3.05, 3.63) is 62.4 Å². The molecule has 2 fully saturated rings. The third-order valence-electron chi connectivity index (χ3n) is 6.88. The molecule has 184 valence electrons. The van der Waals surface area contributed by atoms with E-state index in [1.54, 1.807) is 43.0 Å². The molecule has 4 rings (SSSR count). The largest absolute Gasteiger partial charge is 0.492 e. The number of piperidine rings is 1. The maximum atomic E-state index is 13.0. The molecule has 0 bridgehead atoms. The van der Waals surface area contributed by atoms with Gasteiger partial charge in [-0.15, -0.1) is 0 Å². The Morgan fingerprint density at radius 3 is 2.56 bits per heavy atom. The second kappa shape index (κ2) is 9.36. The third kappa shape index (κ3) is 4.79. The molecule has 0 saturated carbocycles. The minimum Gasteiger partial charge on any atom is -0.492 e. The van der Waals surface area contributed by atoms with E-state index in [2.05, 4.69) is 4.98 Å². The van der Waals surface area contributed by atoms with E-state index in [1.807, 2.05) is 0 Å². The van der Waals surface area contributed by atoms with Crippen molar-refractivity contribution in [3.8, 4) is 5.75 Å². The van der Waals surface area contributed by atoms with Gasteiger partial charge in [0.15, 0.2) is 0 Å². The summed E-state index contributed by atoms with van der Waals surface area (Å²) in [7, 11) is 0. The van der Waals surface area contributed by atoms with Crippen molar-refractivity contribution in [1.82, 2.24) is 14.5 Å². The molecule has 1 spiro atoms. The number of amides is 1. The second-order valence-electron chi connectivity index (χ2n) is 9.48. The van der Waals surface area contributed by atoms with Gasteiger partial charge in [0.05, 0.1) is 23.9 Å². The predicted octanol–water partition coefficient (Wildman–Crippen LogP) is 0.570. The van der Waals surface area contributed by atoms with Crippen LogP contribution in [-0.4, -0.2) is 69.5 Å². The van der Waals surface area contributed by atoms with Crippen LogP contribution in [0.4, 0.5) is 0 Å². The first-order valence-corrected chi connectivity index (χ1v) is 11.5. The smallest absolute Gasteiger partial charge is 0.328 e. The number of likely N-dealkylation sites (tertiary alicyclic amines) is 1. The number of carbonyl (C=O) groups is 1. The summed E-state index contributed by atoms with van der Waals surface area (Å²) in [5, 5.41) is 11.3. The van der Waals surface area contributed by atoms with Gasteiger partial charge in [-0.1, -0.05) is 0 Å². The molecule has 1 amide bonds. The SMILES string of the molecule is Cc1cn([C@H]2COC3(CCN(C(=O)c4ccc(OCCN)cc4)CC3)C[C@]2(C)O)c(=O)[nH]c1=O. The van der Waals surface area contributed by atoms with Crippen molar-refractivity contribution < 1.29 is 19.4 Å². The van der Waals surface area contributed by atoms with Crippen LogP contribution in [0.15, 0.2) is 40.1 Å². The number of benzene rings is 1. The lowest BCUT2D eigenvalue weighted by molar-refractivity contribution is -0.195. The third-order valence-corrected chi connectivity index (χ3v) is 6.88. The Hall–Kier alpha value is -2.95. The Labute approximate surface area is 197 Å². The van der Waals surface area contributed by atoms with Crippen LogP contribution in [0.5, 0.6) is 5.75 Å². The van der Waals surface area contributed by atoms with Gasteiger partial charge in [-0.2, -0.15) is 0 Å². The lowest BCUT2D eigenvalue weighted by Crippen LogP contribution is -2.59. The van der Waals surface area contributed by atoms with E-state index in [-0.39, 0.29) is 12.5 Å². The van der Waals surface area contributed by atoms with Crippen molar-refractivity contribution in [2.75, 3.05) is 32.8 Å². The molecule has 2 aliphatic rings. The number of aryl methyl sites for hydroxylation is 1. The number of nitrogens with zero attached hydrogens (tertiary/aromatic N) is 2. The number of rotatable bonds is 5. The van der Waals surface area contributed by atoms with Gasteiger partial charge in [0.1, 0.15) is 12.4 Å². The number of hydrogen-bond donors (Lipinski definition) is 3. The molecule has 1 aromatic carbocycles. The molecule has 3 heterocycles. The Morgan fingerprint density at radius 1 is 1.26 bits per heavy atom. The Balaban J connectivity index is 1.41. The van der Waals surface area contributed by atoms with Gasteiger partial charge in [-0.25, -0.2) is 4.79 Å². The minimum atomic E-state index is -1.22. The molecule has 34 heavy (non-hydrogen) atoms. The van der Waals surface area contributed by atoms with E-state index in [4.69, 9.17) is 15.2 Å². The summed E-state index contributed by atoms with van der Waals surface area (Å²) in [6, 6.07) is 6.39. The normalized spacial score (nSPS) is 24.2. The van der Waals surface area contributed by atoms with E-state index in [1.165, 1.54) is 10.8 Å². The standard InChI is InChI=1S/C24H32N4O6/c1-16-13-28(22(31)26-20(16)29)19-14-34-24(15-23(19,2)32)7-10-27(11-8-24)21(30)17-3-5-18(6-4-17)33-12-9-25/h3-6,13,19,32H,7-12,14-15,25H2,1-2H3,(H,26,29,31)/t19-,23-/m0/s1. The van der Waals surface area contributed by atoms with Crippen molar-refractivity contribution in [2.45, 2.75) is 50.4 Å². The zero-order valence-corrected chi connectivity index (χ0v) is 19.6. The quantitative estimate of drug-likeness (QED) is 0.578. The molecule has 0 aliphatic carbocycles. The molecular weight excluding hydrogens is 440 g/mol. The van der Waals surface area contributed by atoms with Crippen molar-refractivity contribution in [3.63, 3.8) is 0 Å². The average molecular weight is 473 g/mol. The topological polar surface area (TPSA) is 140 Å². The van der Waals surface area contributed by atoms with Crippen LogP contribution in [0.25, 0.3) is 0 Å². The van der Waals surface area contributed by atoms with Crippen molar-refractivity contribution in [1.29, 1.82) is 0 Å². The van der Waals surface area contributed by atoms with E-state index >= 15 is 0 Å². The monoisotopic (exact) mass is 472 g/mol. The van der Waals surface area contributed by atoms with Crippen LogP contribution in [0.3, 0.4) is 0 Å². The van der Waals surface area contributed by atoms with Crippen molar-refractivity contribution >= 4 is 5.91 Å². The molecule has 10 heteroatoms. The number of carbonyl (C=O) groups excluding carboxylic acids is 1. The van der Waals surface area contributed by atoms with Gasteiger partial charge >= 0.3 is 5.69 Å². The van der Waals surface area contributed by atoms with Crippen LogP contribution in [-0.2, 0) is 4.74 Å². The van der Waals surface area contributed by atoms with Gasteiger partial charge in [-0.05, 0) is 51.0 Å². The Morgan fingerprint density at radius 2 is 1.94 bits per heavy atom. The van der Waals surface area contributed by atoms with Crippen molar-refractivity contribution in [2.24, 2.45) is 5.73 Å². The van der Waals surface area contributed by atoms with Gasteiger partial charge in [0, 0.05) is 43.4 Å². The Bertz CT molecular complexity index is 1150. The number of aromatic amines is 1. The number of ether oxygens (including phenoxy) is 2. The molecule has 1 aromatic heterocycles. The molecule has 2 aromatic rings.